The van der Waals surface area contributed by atoms with Gasteiger partial charge in [-0.15, -0.1) is 11.8 Å². The van der Waals surface area contributed by atoms with E-state index >= 15 is 0 Å². The van der Waals surface area contributed by atoms with Crippen molar-refractivity contribution in [1.82, 2.24) is 5.32 Å². The van der Waals surface area contributed by atoms with Crippen molar-refractivity contribution in [1.29, 1.82) is 0 Å². The molecule has 0 saturated heterocycles. The number of anilines is 1. The highest BCUT2D eigenvalue weighted by molar-refractivity contribution is 7.99. The Hall–Kier alpha value is -1.20. The van der Waals surface area contributed by atoms with E-state index in [1.807, 2.05) is 30.0 Å². The zero-order valence-electron chi connectivity index (χ0n) is 11.4. The van der Waals surface area contributed by atoms with E-state index in [2.05, 4.69) is 17.1 Å². The molecular weight excluding hydrogens is 260 g/mol. The number of hydrogen-bond donors (Lipinski definition) is 1. The highest BCUT2D eigenvalue weighted by atomic mass is 32.2. The van der Waals surface area contributed by atoms with Crippen molar-refractivity contribution in [2.24, 2.45) is 0 Å². The van der Waals surface area contributed by atoms with Crippen LogP contribution in [0.25, 0.3) is 0 Å². The van der Waals surface area contributed by atoms with Crippen LogP contribution in [0, 0.1) is 0 Å². The molecule has 19 heavy (non-hydrogen) atoms. The molecule has 0 fully saturated rings. The van der Waals surface area contributed by atoms with Gasteiger partial charge in [0.05, 0.1) is 12.3 Å². The normalized spacial score (nSPS) is 14.1. The Morgan fingerprint density at radius 3 is 3.11 bits per heavy atom. The molecule has 1 aromatic rings. The number of carbonyl (C=O) groups excluding carboxylic acids is 1. The monoisotopic (exact) mass is 280 g/mol. The number of fused-ring (bicyclic) bond motifs is 1. The molecule has 104 valence electrons. The maximum absolute atomic E-state index is 12.0. The molecule has 1 aromatic carbocycles. The van der Waals surface area contributed by atoms with Crippen LogP contribution in [0.1, 0.15) is 17.3 Å². The zero-order valence-corrected chi connectivity index (χ0v) is 12.3. The first-order valence-corrected chi connectivity index (χ1v) is 7.53. The smallest absolute Gasteiger partial charge is 0.251 e. The average Bonchev–Trinajstić information content (AvgIpc) is 2.46. The molecule has 1 N–H and O–H groups in total. The second-order valence-corrected chi connectivity index (χ2v) is 5.50. The van der Waals surface area contributed by atoms with E-state index in [-0.39, 0.29) is 5.91 Å². The Morgan fingerprint density at radius 2 is 2.37 bits per heavy atom. The van der Waals surface area contributed by atoms with Crippen molar-refractivity contribution in [2.75, 3.05) is 44.0 Å². The van der Waals surface area contributed by atoms with E-state index in [4.69, 9.17) is 4.74 Å². The maximum Gasteiger partial charge on any atom is 0.251 e. The Morgan fingerprint density at radius 1 is 1.53 bits per heavy atom. The molecule has 0 radical (unpaired) electrons. The summed E-state index contributed by atoms with van der Waals surface area (Å²) in [6.07, 6.45) is 0. The van der Waals surface area contributed by atoms with Crippen molar-refractivity contribution in [3.05, 3.63) is 23.8 Å². The molecular formula is C14H20N2O2S. The van der Waals surface area contributed by atoms with E-state index in [0.717, 1.165) is 24.4 Å². The van der Waals surface area contributed by atoms with Crippen LogP contribution >= 0.6 is 11.8 Å². The van der Waals surface area contributed by atoms with Gasteiger partial charge in [-0.25, -0.2) is 0 Å². The lowest BCUT2D eigenvalue weighted by Gasteiger charge is -2.30. The molecule has 0 bridgehead atoms. The van der Waals surface area contributed by atoms with Gasteiger partial charge in [0.15, 0.2) is 0 Å². The third kappa shape index (κ3) is 3.42. The van der Waals surface area contributed by atoms with Gasteiger partial charge in [0, 0.05) is 43.0 Å². The van der Waals surface area contributed by atoms with Gasteiger partial charge < -0.3 is 15.0 Å². The zero-order chi connectivity index (χ0) is 13.7. The van der Waals surface area contributed by atoms with Gasteiger partial charge in [-0.2, -0.15) is 0 Å². The number of methoxy groups -OCH3 is 1. The van der Waals surface area contributed by atoms with Gasteiger partial charge in [0.2, 0.25) is 0 Å². The summed E-state index contributed by atoms with van der Waals surface area (Å²) < 4.78 is 4.93. The lowest BCUT2D eigenvalue weighted by molar-refractivity contribution is 0.0937. The van der Waals surface area contributed by atoms with Gasteiger partial charge in [-0.1, -0.05) is 0 Å². The Kier molecular flexibility index (Phi) is 5.10. The first kappa shape index (κ1) is 14.2. The predicted octanol–water partition coefficient (Wildman–Crippen LogP) is 1.99. The number of carbonyl (C=O) groups is 1. The van der Waals surface area contributed by atoms with Crippen molar-refractivity contribution in [3.63, 3.8) is 0 Å². The second kappa shape index (κ2) is 6.82. The standard InChI is InChI=1S/C14H20N2O2S/c1-3-16-7-9-19-13-5-4-11(10-12(13)16)14(17)15-6-8-18-2/h4-5,10H,3,6-9H2,1-2H3,(H,15,17). The molecule has 1 aliphatic heterocycles. The third-order valence-corrected chi connectivity index (χ3v) is 4.20. The van der Waals surface area contributed by atoms with Gasteiger partial charge in [-0.3, -0.25) is 4.79 Å². The Labute approximate surface area is 118 Å². The number of benzene rings is 1. The van der Waals surface area contributed by atoms with Crippen molar-refractivity contribution in [3.8, 4) is 0 Å². The molecule has 1 amide bonds. The number of ether oxygens (including phenoxy) is 1. The summed E-state index contributed by atoms with van der Waals surface area (Å²) in [6.45, 7) is 5.24. The molecule has 4 nitrogen and oxygen atoms in total. The van der Waals surface area contributed by atoms with Crippen molar-refractivity contribution >= 4 is 23.4 Å². The summed E-state index contributed by atoms with van der Waals surface area (Å²) >= 11 is 1.86. The second-order valence-electron chi connectivity index (χ2n) is 4.36. The van der Waals surface area contributed by atoms with Gasteiger partial charge in [0.1, 0.15) is 0 Å². The van der Waals surface area contributed by atoms with Crippen LogP contribution in [0.15, 0.2) is 23.1 Å². The van der Waals surface area contributed by atoms with Crippen LogP contribution in [0.2, 0.25) is 0 Å². The van der Waals surface area contributed by atoms with E-state index in [1.165, 1.54) is 10.6 Å². The van der Waals surface area contributed by atoms with E-state index in [9.17, 15) is 4.79 Å². The first-order valence-electron chi connectivity index (χ1n) is 6.55. The summed E-state index contributed by atoms with van der Waals surface area (Å²) in [5.41, 5.74) is 1.90. The molecule has 0 spiro atoms. The number of nitrogens with zero attached hydrogens (tertiary/aromatic N) is 1. The number of nitrogens with one attached hydrogen (secondary N) is 1. The number of hydrogen-bond acceptors (Lipinski definition) is 4. The molecule has 0 saturated carbocycles. The van der Waals surface area contributed by atoms with Crippen LogP contribution in [0.4, 0.5) is 5.69 Å². The summed E-state index contributed by atoms with van der Waals surface area (Å²) in [4.78, 5) is 15.6. The lowest BCUT2D eigenvalue weighted by atomic mass is 10.1. The van der Waals surface area contributed by atoms with Crippen LogP contribution in [0.3, 0.4) is 0 Å². The summed E-state index contributed by atoms with van der Waals surface area (Å²) in [6, 6.07) is 5.94. The minimum Gasteiger partial charge on any atom is -0.383 e. The molecule has 2 rings (SSSR count). The minimum atomic E-state index is -0.0357. The largest absolute Gasteiger partial charge is 0.383 e. The van der Waals surface area contributed by atoms with Crippen LogP contribution in [-0.4, -0.2) is 45.0 Å². The number of thioether (sulfide) groups is 1. The summed E-state index contributed by atoms with van der Waals surface area (Å²) in [5.74, 6) is 1.08. The highest BCUT2D eigenvalue weighted by Gasteiger charge is 2.17. The van der Waals surface area contributed by atoms with Crippen LogP contribution < -0.4 is 10.2 Å². The van der Waals surface area contributed by atoms with Crippen molar-refractivity contribution in [2.45, 2.75) is 11.8 Å². The van der Waals surface area contributed by atoms with Crippen LogP contribution in [0.5, 0.6) is 0 Å². The third-order valence-electron chi connectivity index (χ3n) is 3.15. The SMILES string of the molecule is CCN1CCSc2ccc(C(=O)NCCOC)cc21. The number of amides is 1. The summed E-state index contributed by atoms with van der Waals surface area (Å²) in [5, 5.41) is 2.85. The predicted molar refractivity (Wildman–Crippen MR) is 79.3 cm³/mol. The molecule has 1 heterocycles. The van der Waals surface area contributed by atoms with Gasteiger partial charge in [0.25, 0.3) is 5.91 Å². The minimum absolute atomic E-state index is 0.0357. The van der Waals surface area contributed by atoms with Crippen molar-refractivity contribution < 1.29 is 9.53 Å². The van der Waals surface area contributed by atoms with Crippen LogP contribution in [-0.2, 0) is 4.74 Å². The van der Waals surface area contributed by atoms with E-state index in [1.54, 1.807) is 7.11 Å². The average molecular weight is 280 g/mol. The van der Waals surface area contributed by atoms with Gasteiger partial charge in [-0.05, 0) is 25.1 Å². The molecule has 5 heteroatoms. The molecule has 0 aliphatic carbocycles. The fraction of sp³-hybridized carbons (Fsp3) is 0.500. The topological polar surface area (TPSA) is 41.6 Å². The Bertz CT molecular complexity index is 451. The quantitative estimate of drug-likeness (QED) is 0.838. The first-order chi connectivity index (χ1) is 9.26. The molecule has 0 atom stereocenters. The lowest BCUT2D eigenvalue weighted by Crippen LogP contribution is -2.30. The fourth-order valence-electron chi connectivity index (χ4n) is 2.11. The maximum atomic E-state index is 12.0. The highest BCUT2D eigenvalue weighted by Crippen LogP contribution is 2.35. The number of rotatable bonds is 5. The molecule has 1 aliphatic rings. The van der Waals surface area contributed by atoms with Gasteiger partial charge >= 0.3 is 0 Å². The van der Waals surface area contributed by atoms with E-state index in [0.29, 0.717) is 13.2 Å². The Balaban J connectivity index is 2.12. The van der Waals surface area contributed by atoms with E-state index < -0.39 is 0 Å². The molecule has 0 unspecified atom stereocenters. The summed E-state index contributed by atoms with van der Waals surface area (Å²) in [7, 11) is 1.63. The fourth-order valence-corrected chi connectivity index (χ4v) is 3.14. The molecule has 0 aromatic heterocycles.